The standard InChI is InChI=1S/C7H7NO.C7H17NO.C2H6/c8-7-3-1-6(5-9)2-4-7;1-4-5-7(9-3)6-8-2;1-2/h1-5H,8H2;7-8H,4-6H2,1-3H3;1-2H3. The van der Waals surface area contributed by atoms with Crippen molar-refractivity contribution in [2.75, 3.05) is 26.4 Å². The molecule has 1 rings (SSSR count). The summed E-state index contributed by atoms with van der Waals surface area (Å²) in [5.41, 5.74) is 6.70. The number of rotatable bonds is 6. The lowest BCUT2D eigenvalue weighted by molar-refractivity contribution is 0.0956. The SMILES string of the molecule is CC.CCCC(CNC)OC.Nc1ccc(C=O)cc1. The predicted octanol–water partition coefficient (Wildman–Crippen LogP) is 3.13. The Hall–Kier alpha value is -1.39. The maximum Gasteiger partial charge on any atom is 0.150 e. The van der Waals surface area contributed by atoms with E-state index in [9.17, 15) is 4.79 Å². The Balaban J connectivity index is 0. The lowest BCUT2D eigenvalue weighted by Gasteiger charge is -2.12. The van der Waals surface area contributed by atoms with Gasteiger partial charge in [-0.1, -0.05) is 27.2 Å². The van der Waals surface area contributed by atoms with E-state index in [1.54, 1.807) is 31.4 Å². The number of aldehydes is 1. The summed E-state index contributed by atoms with van der Waals surface area (Å²) in [5.74, 6) is 0. The largest absolute Gasteiger partial charge is 0.399 e. The number of likely N-dealkylation sites (N-methyl/N-ethyl adjacent to an activating group) is 1. The van der Waals surface area contributed by atoms with E-state index in [1.807, 2.05) is 20.9 Å². The molecule has 0 radical (unpaired) electrons. The van der Waals surface area contributed by atoms with Gasteiger partial charge in [-0.05, 0) is 37.7 Å². The number of ether oxygens (including phenoxy) is 1. The molecular weight excluding hydrogens is 252 g/mol. The molecule has 3 N–H and O–H groups in total. The van der Waals surface area contributed by atoms with Gasteiger partial charge in [-0.3, -0.25) is 4.79 Å². The van der Waals surface area contributed by atoms with Crippen molar-refractivity contribution in [3.05, 3.63) is 29.8 Å². The number of hydrogen-bond acceptors (Lipinski definition) is 4. The summed E-state index contributed by atoms with van der Waals surface area (Å²) >= 11 is 0. The summed E-state index contributed by atoms with van der Waals surface area (Å²) in [6, 6.07) is 6.76. The van der Waals surface area contributed by atoms with Gasteiger partial charge in [0.1, 0.15) is 6.29 Å². The van der Waals surface area contributed by atoms with Crippen LogP contribution in [0.2, 0.25) is 0 Å². The quantitative estimate of drug-likeness (QED) is 0.621. The zero-order valence-electron chi connectivity index (χ0n) is 13.5. The van der Waals surface area contributed by atoms with Crippen LogP contribution in [0.15, 0.2) is 24.3 Å². The fraction of sp³-hybridized carbons (Fsp3) is 0.562. The highest BCUT2D eigenvalue weighted by atomic mass is 16.5. The van der Waals surface area contributed by atoms with Gasteiger partial charge >= 0.3 is 0 Å². The maximum atomic E-state index is 10.1. The lowest BCUT2D eigenvalue weighted by Crippen LogP contribution is -2.25. The minimum atomic E-state index is 0.403. The van der Waals surface area contributed by atoms with E-state index in [2.05, 4.69) is 12.2 Å². The molecule has 0 saturated carbocycles. The van der Waals surface area contributed by atoms with Crippen LogP contribution in [0.25, 0.3) is 0 Å². The number of nitrogens with two attached hydrogens (primary N) is 1. The average molecular weight is 282 g/mol. The number of nitrogens with one attached hydrogen (secondary N) is 1. The van der Waals surface area contributed by atoms with E-state index in [1.165, 1.54) is 6.42 Å². The molecule has 0 spiro atoms. The molecule has 0 aliphatic heterocycles. The lowest BCUT2D eigenvalue weighted by atomic mass is 10.2. The summed E-state index contributed by atoms with van der Waals surface area (Å²) in [6.45, 7) is 7.13. The highest BCUT2D eigenvalue weighted by molar-refractivity contribution is 5.75. The van der Waals surface area contributed by atoms with E-state index in [0.29, 0.717) is 17.4 Å². The first kappa shape index (κ1) is 20.9. The number of anilines is 1. The Morgan fingerprint density at radius 3 is 2.20 bits per heavy atom. The first-order valence-corrected chi connectivity index (χ1v) is 7.16. The normalized spacial score (nSPS) is 10.4. The topological polar surface area (TPSA) is 64.3 Å². The van der Waals surface area contributed by atoms with Crippen LogP contribution in [0, 0.1) is 0 Å². The minimum absolute atomic E-state index is 0.403. The van der Waals surface area contributed by atoms with Crippen LogP contribution >= 0.6 is 0 Å². The van der Waals surface area contributed by atoms with Crippen molar-refractivity contribution in [2.45, 2.75) is 39.7 Å². The molecule has 0 saturated heterocycles. The highest BCUT2D eigenvalue weighted by Crippen LogP contribution is 2.01. The highest BCUT2D eigenvalue weighted by Gasteiger charge is 2.01. The second kappa shape index (κ2) is 15.7. The Bertz CT molecular complexity index is 307. The molecule has 1 aromatic carbocycles. The van der Waals surface area contributed by atoms with Gasteiger partial charge in [0, 0.05) is 24.9 Å². The monoisotopic (exact) mass is 282 g/mol. The summed E-state index contributed by atoms with van der Waals surface area (Å²) in [5, 5.41) is 3.08. The van der Waals surface area contributed by atoms with E-state index < -0.39 is 0 Å². The third-order valence-corrected chi connectivity index (χ3v) is 2.45. The maximum absolute atomic E-state index is 10.1. The molecule has 1 unspecified atom stereocenters. The van der Waals surface area contributed by atoms with Gasteiger partial charge in [0.2, 0.25) is 0 Å². The van der Waals surface area contributed by atoms with Gasteiger partial charge in [-0.2, -0.15) is 0 Å². The van der Waals surface area contributed by atoms with Crippen molar-refractivity contribution in [2.24, 2.45) is 0 Å². The molecular formula is C16H30N2O2. The first-order chi connectivity index (χ1) is 9.67. The van der Waals surface area contributed by atoms with E-state index in [0.717, 1.165) is 19.3 Å². The number of nitrogen functional groups attached to an aromatic ring is 1. The average Bonchev–Trinajstić information content (AvgIpc) is 2.50. The molecule has 0 fully saturated rings. The number of carbonyl (C=O) groups is 1. The Morgan fingerprint density at radius 2 is 1.85 bits per heavy atom. The van der Waals surface area contributed by atoms with Crippen molar-refractivity contribution in [1.29, 1.82) is 0 Å². The molecule has 0 aliphatic rings. The molecule has 1 aromatic rings. The van der Waals surface area contributed by atoms with Gasteiger partial charge in [0.15, 0.2) is 0 Å². The van der Waals surface area contributed by atoms with Gasteiger partial charge in [0.25, 0.3) is 0 Å². The smallest absolute Gasteiger partial charge is 0.150 e. The number of methoxy groups -OCH3 is 1. The molecule has 4 heteroatoms. The summed E-state index contributed by atoms with van der Waals surface area (Å²) in [7, 11) is 3.71. The van der Waals surface area contributed by atoms with Crippen molar-refractivity contribution < 1.29 is 9.53 Å². The number of benzene rings is 1. The summed E-state index contributed by atoms with van der Waals surface area (Å²) < 4.78 is 5.17. The molecule has 1 atom stereocenters. The second-order valence-corrected chi connectivity index (χ2v) is 3.99. The van der Waals surface area contributed by atoms with Gasteiger partial charge in [0.05, 0.1) is 6.10 Å². The van der Waals surface area contributed by atoms with Crippen molar-refractivity contribution in [3.8, 4) is 0 Å². The summed E-state index contributed by atoms with van der Waals surface area (Å²) in [4.78, 5) is 10.1. The predicted molar refractivity (Wildman–Crippen MR) is 87.2 cm³/mol. The fourth-order valence-corrected chi connectivity index (χ4v) is 1.43. The summed E-state index contributed by atoms with van der Waals surface area (Å²) in [6.07, 6.45) is 3.54. The van der Waals surface area contributed by atoms with Crippen LogP contribution in [0.5, 0.6) is 0 Å². The molecule has 4 nitrogen and oxygen atoms in total. The van der Waals surface area contributed by atoms with Crippen molar-refractivity contribution >= 4 is 12.0 Å². The van der Waals surface area contributed by atoms with Crippen molar-refractivity contribution in [3.63, 3.8) is 0 Å². The van der Waals surface area contributed by atoms with Gasteiger partial charge < -0.3 is 15.8 Å². The fourth-order valence-electron chi connectivity index (χ4n) is 1.43. The van der Waals surface area contributed by atoms with E-state index in [4.69, 9.17) is 10.5 Å². The minimum Gasteiger partial charge on any atom is -0.399 e. The Kier molecular flexibility index (Phi) is 16.4. The van der Waals surface area contributed by atoms with Crippen LogP contribution in [-0.2, 0) is 4.74 Å². The molecule has 0 amide bonds. The molecule has 0 aliphatic carbocycles. The zero-order valence-corrected chi connectivity index (χ0v) is 13.5. The molecule has 20 heavy (non-hydrogen) atoms. The van der Waals surface area contributed by atoms with Crippen LogP contribution < -0.4 is 11.1 Å². The van der Waals surface area contributed by atoms with Gasteiger partial charge in [-0.25, -0.2) is 0 Å². The number of hydrogen-bond donors (Lipinski definition) is 2. The van der Waals surface area contributed by atoms with Gasteiger partial charge in [-0.15, -0.1) is 0 Å². The Morgan fingerprint density at radius 1 is 1.30 bits per heavy atom. The Labute approximate surface area is 123 Å². The molecule has 0 heterocycles. The third-order valence-electron chi connectivity index (χ3n) is 2.45. The van der Waals surface area contributed by atoms with Crippen LogP contribution in [0.3, 0.4) is 0 Å². The van der Waals surface area contributed by atoms with Crippen molar-refractivity contribution in [1.82, 2.24) is 5.32 Å². The molecule has 0 bridgehead atoms. The second-order valence-electron chi connectivity index (χ2n) is 3.99. The molecule has 0 aromatic heterocycles. The van der Waals surface area contributed by atoms with Crippen LogP contribution in [0.1, 0.15) is 44.0 Å². The van der Waals surface area contributed by atoms with E-state index in [-0.39, 0.29) is 0 Å². The zero-order chi connectivity index (χ0) is 15.8. The number of carbonyl (C=O) groups excluding carboxylic acids is 1. The van der Waals surface area contributed by atoms with Crippen LogP contribution in [-0.4, -0.2) is 33.1 Å². The molecule has 116 valence electrons. The first-order valence-electron chi connectivity index (χ1n) is 7.16. The van der Waals surface area contributed by atoms with E-state index >= 15 is 0 Å². The third kappa shape index (κ3) is 11.7. The van der Waals surface area contributed by atoms with Crippen LogP contribution in [0.4, 0.5) is 5.69 Å².